The van der Waals surface area contributed by atoms with E-state index < -0.39 is 0 Å². The fourth-order valence-corrected chi connectivity index (χ4v) is 3.94. The molecule has 2 heterocycles. The summed E-state index contributed by atoms with van der Waals surface area (Å²) in [5.41, 5.74) is 2.80. The quantitative estimate of drug-likeness (QED) is 0.819. The molecule has 2 aliphatic rings. The minimum Gasteiger partial charge on any atom is -0.495 e. The Morgan fingerprint density at radius 2 is 2.15 bits per heavy atom. The molecular formula is C20H25ClN4O. The number of anilines is 2. The van der Waals surface area contributed by atoms with Gasteiger partial charge in [0, 0.05) is 31.4 Å². The van der Waals surface area contributed by atoms with Crippen LogP contribution in [0, 0.1) is 5.41 Å². The first-order valence-corrected chi connectivity index (χ1v) is 9.67. The number of aromatic nitrogens is 2. The van der Waals surface area contributed by atoms with Crippen LogP contribution in [0.4, 0.5) is 11.8 Å². The second-order valence-corrected chi connectivity index (χ2v) is 7.80. The number of halogens is 1. The first-order valence-electron chi connectivity index (χ1n) is 9.30. The number of benzene rings is 1. The molecule has 1 spiro atoms. The molecule has 26 heavy (non-hydrogen) atoms. The van der Waals surface area contributed by atoms with Gasteiger partial charge in [-0.1, -0.05) is 24.6 Å². The molecule has 1 aliphatic carbocycles. The Labute approximate surface area is 159 Å². The Hall–Kier alpha value is -2.01. The molecule has 0 unspecified atom stereocenters. The van der Waals surface area contributed by atoms with Crippen LogP contribution in [0.2, 0.25) is 5.02 Å². The topological polar surface area (TPSA) is 50.3 Å². The molecule has 0 atom stereocenters. The average Bonchev–Trinajstić information content (AvgIpc) is 3.28. The van der Waals surface area contributed by atoms with Gasteiger partial charge in [0.05, 0.1) is 12.1 Å². The van der Waals surface area contributed by atoms with Gasteiger partial charge in [0.1, 0.15) is 11.6 Å². The minimum absolute atomic E-state index is 0.570. The van der Waals surface area contributed by atoms with E-state index in [2.05, 4.69) is 22.1 Å². The standard InChI is InChI=1S/C20H25ClN4O/c1-3-15-12-23-19(25-9-8-20(13-25)6-7-20)24-18(15)22-11-14-4-5-17(26-2)16(21)10-14/h4-5,10,12H,3,6-9,11,13H2,1-2H3,(H,22,23,24). The van der Waals surface area contributed by atoms with Gasteiger partial charge in [-0.3, -0.25) is 0 Å². The fraction of sp³-hybridized carbons (Fsp3) is 0.500. The van der Waals surface area contributed by atoms with Crippen LogP contribution >= 0.6 is 11.6 Å². The minimum atomic E-state index is 0.570. The predicted molar refractivity (Wildman–Crippen MR) is 105 cm³/mol. The molecule has 1 saturated heterocycles. The number of hydrogen-bond donors (Lipinski definition) is 1. The van der Waals surface area contributed by atoms with Gasteiger partial charge < -0.3 is 15.0 Å². The molecular weight excluding hydrogens is 348 g/mol. The second-order valence-electron chi connectivity index (χ2n) is 7.39. The normalized spacial score (nSPS) is 17.6. The van der Waals surface area contributed by atoms with Crippen molar-refractivity contribution in [1.29, 1.82) is 0 Å². The summed E-state index contributed by atoms with van der Waals surface area (Å²) in [6.07, 6.45) is 6.86. The van der Waals surface area contributed by atoms with Crippen LogP contribution in [-0.2, 0) is 13.0 Å². The predicted octanol–water partition coefficient (Wildman–Crippen LogP) is 4.30. The summed E-state index contributed by atoms with van der Waals surface area (Å²) in [5, 5.41) is 4.09. The lowest BCUT2D eigenvalue weighted by Crippen LogP contribution is -2.23. The van der Waals surface area contributed by atoms with Crippen LogP contribution in [0.1, 0.15) is 37.3 Å². The van der Waals surface area contributed by atoms with Gasteiger partial charge in [0.15, 0.2) is 0 Å². The summed E-state index contributed by atoms with van der Waals surface area (Å²) in [4.78, 5) is 11.8. The molecule has 2 fully saturated rings. The van der Waals surface area contributed by atoms with Gasteiger partial charge in [-0.05, 0) is 48.8 Å². The third-order valence-corrected chi connectivity index (χ3v) is 5.88. The number of nitrogens with one attached hydrogen (secondary N) is 1. The molecule has 1 saturated carbocycles. The zero-order chi connectivity index (χ0) is 18.1. The maximum absolute atomic E-state index is 6.23. The van der Waals surface area contributed by atoms with Crippen molar-refractivity contribution < 1.29 is 4.74 Å². The van der Waals surface area contributed by atoms with Crippen molar-refractivity contribution in [3.05, 3.63) is 40.5 Å². The number of methoxy groups -OCH3 is 1. The maximum atomic E-state index is 6.23. The fourth-order valence-electron chi connectivity index (χ4n) is 3.66. The van der Waals surface area contributed by atoms with Crippen molar-refractivity contribution in [3.8, 4) is 5.75 Å². The van der Waals surface area contributed by atoms with E-state index in [1.54, 1.807) is 7.11 Å². The van der Waals surface area contributed by atoms with Gasteiger partial charge >= 0.3 is 0 Å². The largest absolute Gasteiger partial charge is 0.495 e. The van der Waals surface area contributed by atoms with Crippen LogP contribution in [0.5, 0.6) is 5.75 Å². The van der Waals surface area contributed by atoms with E-state index in [-0.39, 0.29) is 0 Å². The molecule has 0 bridgehead atoms. The lowest BCUT2D eigenvalue weighted by atomic mass is 10.1. The van der Waals surface area contributed by atoms with E-state index in [4.69, 9.17) is 21.3 Å². The van der Waals surface area contributed by atoms with Crippen LogP contribution in [0.25, 0.3) is 0 Å². The number of rotatable bonds is 6. The lowest BCUT2D eigenvalue weighted by Gasteiger charge is -2.18. The summed E-state index contributed by atoms with van der Waals surface area (Å²) < 4.78 is 5.22. The second kappa shape index (κ2) is 6.95. The molecule has 6 heteroatoms. The number of nitrogens with zero attached hydrogens (tertiary/aromatic N) is 3. The van der Waals surface area contributed by atoms with Gasteiger partial charge in [-0.2, -0.15) is 4.98 Å². The highest BCUT2D eigenvalue weighted by atomic mass is 35.5. The Morgan fingerprint density at radius 1 is 1.31 bits per heavy atom. The monoisotopic (exact) mass is 372 g/mol. The number of ether oxygens (including phenoxy) is 1. The van der Waals surface area contributed by atoms with E-state index in [1.807, 2.05) is 24.4 Å². The Balaban J connectivity index is 1.49. The van der Waals surface area contributed by atoms with Crippen molar-refractivity contribution in [1.82, 2.24) is 9.97 Å². The van der Waals surface area contributed by atoms with Crippen LogP contribution < -0.4 is 15.0 Å². The zero-order valence-corrected chi connectivity index (χ0v) is 16.1. The molecule has 1 N–H and O–H groups in total. The van der Waals surface area contributed by atoms with Gasteiger partial charge in [-0.25, -0.2) is 4.98 Å². The third-order valence-electron chi connectivity index (χ3n) is 5.59. The van der Waals surface area contributed by atoms with Crippen LogP contribution in [0.3, 0.4) is 0 Å². The molecule has 4 rings (SSSR count). The number of hydrogen-bond acceptors (Lipinski definition) is 5. The maximum Gasteiger partial charge on any atom is 0.227 e. The summed E-state index contributed by atoms with van der Waals surface area (Å²) >= 11 is 6.23. The van der Waals surface area contributed by atoms with Gasteiger partial charge in [0.2, 0.25) is 5.95 Å². The van der Waals surface area contributed by atoms with Crippen molar-refractivity contribution in [2.45, 2.75) is 39.2 Å². The van der Waals surface area contributed by atoms with Crippen molar-refractivity contribution >= 4 is 23.4 Å². The summed E-state index contributed by atoms with van der Waals surface area (Å²) in [7, 11) is 1.62. The summed E-state index contributed by atoms with van der Waals surface area (Å²) in [5.74, 6) is 2.46. The van der Waals surface area contributed by atoms with Gasteiger partial charge in [0.25, 0.3) is 0 Å². The van der Waals surface area contributed by atoms with Crippen LogP contribution in [0.15, 0.2) is 24.4 Å². The third kappa shape index (κ3) is 3.45. The summed E-state index contributed by atoms with van der Waals surface area (Å²) in [6.45, 7) is 4.96. The lowest BCUT2D eigenvalue weighted by molar-refractivity contribution is 0.415. The first-order chi connectivity index (χ1) is 12.6. The SMILES string of the molecule is CCc1cnc(N2CCC3(CC3)C2)nc1NCc1ccc(OC)c(Cl)c1. The van der Waals surface area contributed by atoms with E-state index in [9.17, 15) is 0 Å². The molecule has 0 amide bonds. The smallest absolute Gasteiger partial charge is 0.227 e. The van der Waals surface area contributed by atoms with Crippen molar-refractivity contribution in [2.24, 2.45) is 5.41 Å². The first kappa shape index (κ1) is 17.4. The van der Waals surface area contributed by atoms with Crippen molar-refractivity contribution in [2.75, 3.05) is 30.4 Å². The summed E-state index contributed by atoms with van der Waals surface area (Å²) in [6, 6.07) is 5.84. The van der Waals surface area contributed by atoms with E-state index in [1.165, 1.54) is 19.3 Å². The number of aryl methyl sites for hydroxylation is 1. The molecule has 1 aliphatic heterocycles. The Kier molecular flexibility index (Phi) is 4.65. The molecule has 1 aromatic heterocycles. The van der Waals surface area contributed by atoms with E-state index in [0.717, 1.165) is 42.4 Å². The Bertz CT molecular complexity index is 806. The van der Waals surface area contributed by atoms with Crippen molar-refractivity contribution in [3.63, 3.8) is 0 Å². The highest BCUT2D eigenvalue weighted by molar-refractivity contribution is 6.32. The molecule has 138 valence electrons. The molecule has 1 aromatic carbocycles. The van der Waals surface area contributed by atoms with Crippen LogP contribution in [-0.4, -0.2) is 30.2 Å². The van der Waals surface area contributed by atoms with E-state index in [0.29, 0.717) is 22.7 Å². The van der Waals surface area contributed by atoms with E-state index >= 15 is 0 Å². The molecule has 5 nitrogen and oxygen atoms in total. The zero-order valence-electron chi connectivity index (χ0n) is 15.4. The average molecular weight is 373 g/mol. The highest BCUT2D eigenvalue weighted by Gasteiger charge is 2.48. The molecule has 0 radical (unpaired) electrons. The highest BCUT2D eigenvalue weighted by Crippen LogP contribution is 2.53. The molecule has 2 aromatic rings. The Morgan fingerprint density at radius 3 is 2.81 bits per heavy atom. The van der Waals surface area contributed by atoms with Gasteiger partial charge in [-0.15, -0.1) is 0 Å².